The summed E-state index contributed by atoms with van der Waals surface area (Å²) in [6.07, 6.45) is 3.47. The molecule has 2 atom stereocenters. The number of hydrazone groups is 1. The Balaban J connectivity index is 0.00000272. The molecule has 0 saturated carbocycles. The van der Waals surface area contributed by atoms with Gasteiger partial charge < -0.3 is 24.0 Å². The highest BCUT2D eigenvalue weighted by atomic mass is 127. The number of thiophene rings is 1. The number of carbonyl (C=O) groups is 1. The van der Waals surface area contributed by atoms with Crippen molar-refractivity contribution in [2.45, 2.75) is 32.2 Å². The SMILES string of the molecule is CC1C(C(=O)N[N+]2(C)CCCCC2)=NN(c2ccc(Cl)cc2Cl)C1c1cc(Br)cs1.[I-]. The van der Waals surface area contributed by atoms with Gasteiger partial charge in [-0.3, -0.25) is 9.80 Å². The summed E-state index contributed by atoms with van der Waals surface area (Å²) in [5, 5.41) is 9.77. The van der Waals surface area contributed by atoms with Gasteiger partial charge in [0.15, 0.2) is 0 Å². The highest BCUT2D eigenvalue weighted by Crippen LogP contribution is 2.44. The topological polar surface area (TPSA) is 44.7 Å². The van der Waals surface area contributed by atoms with E-state index in [-0.39, 0.29) is 41.8 Å². The number of hydrogen-bond acceptors (Lipinski definition) is 4. The highest BCUT2D eigenvalue weighted by molar-refractivity contribution is 9.10. The van der Waals surface area contributed by atoms with Crippen molar-refractivity contribution in [3.05, 3.63) is 49.0 Å². The number of amides is 1. The maximum absolute atomic E-state index is 13.3. The van der Waals surface area contributed by atoms with Crippen LogP contribution in [0.3, 0.4) is 0 Å². The van der Waals surface area contributed by atoms with Crippen molar-refractivity contribution in [3.63, 3.8) is 0 Å². The number of likely N-dealkylation sites (tertiary alicyclic amines) is 1. The maximum Gasteiger partial charge on any atom is 0.312 e. The Morgan fingerprint density at radius 3 is 2.58 bits per heavy atom. The van der Waals surface area contributed by atoms with Crippen molar-refractivity contribution in [1.29, 1.82) is 0 Å². The fraction of sp³-hybridized carbons (Fsp3) is 0.429. The molecule has 2 aliphatic heterocycles. The third kappa shape index (κ3) is 5.41. The molecule has 0 aliphatic carbocycles. The highest BCUT2D eigenvalue weighted by Gasteiger charge is 2.42. The van der Waals surface area contributed by atoms with Gasteiger partial charge in [-0.2, -0.15) is 10.5 Å². The molecule has 0 radical (unpaired) electrons. The second-order valence-corrected chi connectivity index (χ2v) is 10.9. The zero-order chi connectivity index (χ0) is 21.5. The molecule has 2 aliphatic rings. The number of benzene rings is 1. The molecule has 2 aromatic rings. The lowest BCUT2D eigenvalue weighted by molar-refractivity contribution is -0.947. The lowest BCUT2D eigenvalue weighted by Gasteiger charge is -2.36. The zero-order valence-corrected chi connectivity index (χ0v) is 23.3. The Bertz CT molecular complexity index is 996. The third-order valence-electron chi connectivity index (χ3n) is 5.83. The number of anilines is 1. The van der Waals surface area contributed by atoms with Crippen LogP contribution in [0.25, 0.3) is 0 Å². The first-order chi connectivity index (χ1) is 14.3. The smallest absolute Gasteiger partial charge is 0.312 e. The van der Waals surface area contributed by atoms with Gasteiger partial charge in [-0.15, -0.1) is 11.3 Å². The van der Waals surface area contributed by atoms with E-state index in [1.54, 1.807) is 23.5 Å². The summed E-state index contributed by atoms with van der Waals surface area (Å²) in [4.78, 5) is 14.4. The van der Waals surface area contributed by atoms with Gasteiger partial charge >= 0.3 is 5.91 Å². The van der Waals surface area contributed by atoms with Crippen LogP contribution < -0.4 is 34.4 Å². The van der Waals surface area contributed by atoms with Crippen molar-refractivity contribution >= 4 is 67.8 Å². The predicted molar refractivity (Wildman–Crippen MR) is 128 cm³/mol. The van der Waals surface area contributed by atoms with Gasteiger partial charge in [0, 0.05) is 25.7 Å². The van der Waals surface area contributed by atoms with Gasteiger partial charge in [0.2, 0.25) is 0 Å². The van der Waals surface area contributed by atoms with E-state index in [1.807, 2.05) is 16.5 Å². The van der Waals surface area contributed by atoms with Gasteiger partial charge in [0.05, 0.1) is 23.8 Å². The van der Waals surface area contributed by atoms with Crippen LogP contribution in [-0.4, -0.2) is 36.3 Å². The first-order valence-electron chi connectivity index (χ1n) is 10.0. The van der Waals surface area contributed by atoms with Crippen LogP contribution in [0, 0.1) is 5.92 Å². The van der Waals surface area contributed by atoms with Crippen molar-refractivity contribution in [2.24, 2.45) is 11.0 Å². The molecule has 0 spiro atoms. The van der Waals surface area contributed by atoms with Crippen LogP contribution >= 0.6 is 50.5 Å². The van der Waals surface area contributed by atoms with Gasteiger partial charge in [-0.05, 0) is 59.5 Å². The van der Waals surface area contributed by atoms with E-state index in [9.17, 15) is 4.79 Å². The second kappa shape index (κ2) is 10.3. The fourth-order valence-corrected chi connectivity index (χ4v) is 6.36. The number of piperidine rings is 1. The Labute approximate surface area is 222 Å². The molecule has 1 amide bonds. The number of nitrogens with zero attached hydrogens (tertiary/aromatic N) is 3. The third-order valence-corrected chi connectivity index (χ3v) is 8.13. The summed E-state index contributed by atoms with van der Waals surface area (Å²) in [7, 11) is 2.08. The van der Waals surface area contributed by atoms with E-state index < -0.39 is 0 Å². The molecular weight excluding hydrogens is 634 g/mol. The van der Waals surface area contributed by atoms with E-state index in [0.717, 1.165) is 41.0 Å². The van der Waals surface area contributed by atoms with Gasteiger partial charge in [-0.1, -0.05) is 30.1 Å². The quantitative estimate of drug-likeness (QED) is 0.406. The van der Waals surface area contributed by atoms with Crippen molar-refractivity contribution in [3.8, 4) is 0 Å². The van der Waals surface area contributed by atoms with Crippen molar-refractivity contribution in [1.82, 2.24) is 5.43 Å². The fourth-order valence-electron chi connectivity index (χ4n) is 4.23. The van der Waals surface area contributed by atoms with E-state index in [4.69, 9.17) is 28.3 Å². The van der Waals surface area contributed by atoms with E-state index in [2.05, 4.69) is 41.4 Å². The zero-order valence-electron chi connectivity index (χ0n) is 17.2. The normalized spacial score (nSPS) is 22.6. The first kappa shape index (κ1) is 25.2. The van der Waals surface area contributed by atoms with E-state index >= 15 is 0 Å². The molecule has 0 bridgehead atoms. The predicted octanol–water partition coefficient (Wildman–Crippen LogP) is 3.04. The van der Waals surface area contributed by atoms with Gasteiger partial charge in [0.25, 0.3) is 0 Å². The first-order valence-corrected chi connectivity index (χ1v) is 12.4. The summed E-state index contributed by atoms with van der Waals surface area (Å²) in [6, 6.07) is 7.32. The molecule has 4 rings (SSSR count). The number of rotatable bonds is 4. The van der Waals surface area contributed by atoms with Crippen LogP contribution in [0.5, 0.6) is 0 Å². The summed E-state index contributed by atoms with van der Waals surface area (Å²) >= 11 is 17.8. The Morgan fingerprint density at radius 2 is 1.97 bits per heavy atom. The second-order valence-electron chi connectivity index (χ2n) is 8.17. The van der Waals surface area contributed by atoms with E-state index in [1.165, 1.54) is 6.42 Å². The van der Waals surface area contributed by atoms with Crippen molar-refractivity contribution in [2.75, 3.05) is 25.1 Å². The molecule has 31 heavy (non-hydrogen) atoms. The van der Waals surface area contributed by atoms with Crippen LogP contribution in [0.15, 0.2) is 39.2 Å². The maximum atomic E-state index is 13.3. The average Bonchev–Trinajstić information content (AvgIpc) is 3.25. The largest absolute Gasteiger partial charge is 1.00 e. The summed E-state index contributed by atoms with van der Waals surface area (Å²) < 4.78 is 1.57. The molecule has 168 valence electrons. The summed E-state index contributed by atoms with van der Waals surface area (Å²) in [5.41, 5.74) is 4.49. The average molecular weight is 658 g/mol. The summed E-state index contributed by atoms with van der Waals surface area (Å²) in [6.45, 7) is 3.94. The number of quaternary nitrogens is 1. The Kier molecular flexibility index (Phi) is 8.35. The minimum absolute atomic E-state index is 0. The lowest BCUT2D eigenvalue weighted by Crippen LogP contribution is -3.00. The number of halogens is 4. The molecular formula is C21H24BrCl2IN4OS. The molecule has 1 aromatic heterocycles. The molecule has 1 saturated heterocycles. The molecule has 10 heteroatoms. The molecule has 2 unspecified atom stereocenters. The van der Waals surface area contributed by atoms with Crippen molar-refractivity contribution < 1.29 is 33.4 Å². The molecule has 1 aromatic carbocycles. The number of nitrogens with one attached hydrogen (secondary N) is 1. The number of hydrogen-bond donors (Lipinski definition) is 1. The minimum atomic E-state index is -0.118. The molecule has 1 N–H and O–H groups in total. The van der Waals surface area contributed by atoms with Crippen LogP contribution in [-0.2, 0) is 4.79 Å². The van der Waals surface area contributed by atoms with E-state index in [0.29, 0.717) is 20.3 Å². The Morgan fingerprint density at radius 1 is 1.26 bits per heavy atom. The molecule has 5 nitrogen and oxygen atoms in total. The monoisotopic (exact) mass is 656 g/mol. The number of carbonyl (C=O) groups excluding carboxylic acids is 1. The lowest BCUT2D eigenvalue weighted by atomic mass is 9.95. The van der Waals surface area contributed by atoms with Gasteiger partial charge in [-0.25, -0.2) is 4.59 Å². The van der Waals surface area contributed by atoms with Crippen LogP contribution in [0.4, 0.5) is 5.69 Å². The molecule has 3 heterocycles. The molecule has 1 fully saturated rings. The Hall–Kier alpha value is -0.390. The summed E-state index contributed by atoms with van der Waals surface area (Å²) in [5.74, 6) is -0.209. The van der Waals surface area contributed by atoms with Crippen LogP contribution in [0.2, 0.25) is 10.0 Å². The minimum Gasteiger partial charge on any atom is -1.00 e. The van der Waals surface area contributed by atoms with Gasteiger partial charge in [0.1, 0.15) is 18.8 Å². The van der Waals surface area contributed by atoms with Crippen LogP contribution in [0.1, 0.15) is 37.1 Å². The standard InChI is InChI=1S/C21H23BrCl2N4OS.HI/c1-13-19(21(29)26-28(2)8-4-3-5-9-28)25-27(17-7-6-15(23)11-16(17)24)20(13)18-10-14(22)12-30-18;/h6-7,10-13,20H,3-5,8-9H2,1-2H3;1H.